The Morgan fingerprint density at radius 1 is 1.29 bits per heavy atom. The molecule has 0 radical (unpaired) electrons. The van der Waals surface area contributed by atoms with Crippen molar-refractivity contribution in [3.63, 3.8) is 0 Å². The Morgan fingerprint density at radius 2 is 2.06 bits per heavy atom. The monoisotopic (exact) mass is 237 g/mol. The Bertz CT molecular complexity index is 339. The van der Waals surface area contributed by atoms with E-state index in [1.54, 1.807) is 7.11 Å². The third kappa shape index (κ3) is 4.36. The molecule has 0 bridgehead atoms. The molecule has 0 spiro atoms. The van der Waals surface area contributed by atoms with Crippen LogP contribution < -0.4 is 10.5 Å². The second kappa shape index (κ2) is 7.30. The van der Waals surface area contributed by atoms with Crippen LogP contribution >= 0.6 is 0 Å². The summed E-state index contributed by atoms with van der Waals surface area (Å²) in [5, 5.41) is 0. The number of methoxy groups -OCH3 is 1. The lowest BCUT2D eigenvalue weighted by Crippen LogP contribution is -2.24. The van der Waals surface area contributed by atoms with Crippen molar-refractivity contribution < 1.29 is 9.47 Å². The highest BCUT2D eigenvalue weighted by molar-refractivity contribution is 5.37. The topological polar surface area (TPSA) is 44.5 Å². The van der Waals surface area contributed by atoms with Crippen LogP contribution in [0.25, 0.3) is 0 Å². The zero-order valence-corrected chi connectivity index (χ0v) is 11.0. The molecule has 17 heavy (non-hydrogen) atoms. The van der Waals surface area contributed by atoms with Gasteiger partial charge in [-0.1, -0.05) is 19.9 Å². The van der Waals surface area contributed by atoms with Crippen molar-refractivity contribution in [2.45, 2.75) is 39.3 Å². The predicted octanol–water partition coefficient (Wildman–Crippen LogP) is 2.51. The number of benzene rings is 1. The van der Waals surface area contributed by atoms with Crippen molar-refractivity contribution in [1.82, 2.24) is 0 Å². The Balaban J connectivity index is 2.54. The second-order valence-electron chi connectivity index (χ2n) is 4.18. The quantitative estimate of drug-likeness (QED) is 0.792. The molecule has 3 heteroatoms. The average Bonchev–Trinajstić information content (AvgIpc) is 2.38. The number of nitrogens with two attached hydrogens (primary N) is 1. The van der Waals surface area contributed by atoms with Crippen LogP contribution in [0.3, 0.4) is 0 Å². The molecule has 0 fully saturated rings. The van der Waals surface area contributed by atoms with E-state index in [0.29, 0.717) is 13.2 Å². The summed E-state index contributed by atoms with van der Waals surface area (Å²) < 4.78 is 10.9. The van der Waals surface area contributed by atoms with Gasteiger partial charge in [-0.05, 0) is 36.1 Å². The average molecular weight is 237 g/mol. The number of hydrogen-bond donors (Lipinski definition) is 1. The Morgan fingerprint density at radius 3 is 2.65 bits per heavy atom. The van der Waals surface area contributed by atoms with Crippen molar-refractivity contribution in [1.29, 1.82) is 0 Å². The molecule has 0 aliphatic carbocycles. The molecule has 96 valence electrons. The highest BCUT2D eigenvalue weighted by atomic mass is 16.5. The molecule has 1 aromatic rings. The molecule has 0 aliphatic rings. The summed E-state index contributed by atoms with van der Waals surface area (Å²) in [6.45, 7) is 5.42. The van der Waals surface area contributed by atoms with E-state index < -0.39 is 0 Å². The molecule has 3 nitrogen and oxygen atoms in total. The highest BCUT2D eigenvalue weighted by Crippen LogP contribution is 2.20. The summed E-state index contributed by atoms with van der Waals surface area (Å²) in [6, 6.07) is 6.31. The summed E-state index contributed by atoms with van der Waals surface area (Å²) in [4.78, 5) is 0. The van der Waals surface area contributed by atoms with E-state index in [2.05, 4.69) is 19.9 Å². The zero-order valence-electron chi connectivity index (χ0n) is 11.0. The summed E-state index contributed by atoms with van der Waals surface area (Å²) >= 11 is 0. The van der Waals surface area contributed by atoms with Crippen LogP contribution in [0, 0.1) is 0 Å². The van der Waals surface area contributed by atoms with Crippen LogP contribution in [-0.2, 0) is 17.8 Å². The molecule has 0 amide bonds. The first-order valence-corrected chi connectivity index (χ1v) is 6.20. The van der Waals surface area contributed by atoms with E-state index in [9.17, 15) is 0 Å². The molecular weight excluding hydrogens is 214 g/mol. The zero-order chi connectivity index (χ0) is 12.7. The van der Waals surface area contributed by atoms with E-state index >= 15 is 0 Å². The molecule has 1 atom stereocenters. The van der Waals surface area contributed by atoms with Crippen LogP contribution in [0.15, 0.2) is 18.2 Å². The number of hydrogen-bond acceptors (Lipinski definition) is 3. The Labute approximate surface area is 104 Å². The molecule has 0 saturated heterocycles. The standard InChI is InChI=1S/C14H23NO2/c1-4-12-8-11(6-7-14(12)16-3)9-17-10-13(15)5-2/h6-8,13H,4-5,9-10,15H2,1-3H3. The fourth-order valence-corrected chi connectivity index (χ4v) is 1.64. The molecule has 1 unspecified atom stereocenters. The van der Waals surface area contributed by atoms with Gasteiger partial charge in [0.05, 0.1) is 20.3 Å². The first kappa shape index (κ1) is 14.0. The summed E-state index contributed by atoms with van der Waals surface area (Å²) in [6.07, 6.45) is 1.91. The molecular formula is C14H23NO2. The molecule has 1 rings (SSSR count). The van der Waals surface area contributed by atoms with Crippen LogP contribution in [0.1, 0.15) is 31.4 Å². The van der Waals surface area contributed by atoms with Gasteiger partial charge in [0, 0.05) is 6.04 Å². The second-order valence-corrected chi connectivity index (χ2v) is 4.18. The maximum atomic E-state index is 5.79. The maximum Gasteiger partial charge on any atom is 0.122 e. The first-order valence-electron chi connectivity index (χ1n) is 6.20. The summed E-state index contributed by atoms with van der Waals surface area (Å²) in [5.74, 6) is 0.946. The van der Waals surface area contributed by atoms with Crippen molar-refractivity contribution >= 4 is 0 Å². The molecule has 2 N–H and O–H groups in total. The van der Waals surface area contributed by atoms with Gasteiger partial charge in [-0.25, -0.2) is 0 Å². The van der Waals surface area contributed by atoms with Crippen molar-refractivity contribution in [2.24, 2.45) is 5.73 Å². The van der Waals surface area contributed by atoms with Crippen LogP contribution in [0.2, 0.25) is 0 Å². The van der Waals surface area contributed by atoms with Gasteiger partial charge in [-0.3, -0.25) is 0 Å². The van der Waals surface area contributed by atoms with E-state index in [0.717, 1.165) is 18.6 Å². The lowest BCUT2D eigenvalue weighted by Gasteiger charge is -2.12. The van der Waals surface area contributed by atoms with E-state index in [4.69, 9.17) is 15.2 Å². The van der Waals surface area contributed by atoms with Gasteiger partial charge in [0.15, 0.2) is 0 Å². The van der Waals surface area contributed by atoms with E-state index in [1.807, 2.05) is 12.1 Å². The minimum Gasteiger partial charge on any atom is -0.496 e. The Kier molecular flexibility index (Phi) is 6.01. The van der Waals surface area contributed by atoms with Gasteiger partial charge in [-0.15, -0.1) is 0 Å². The van der Waals surface area contributed by atoms with Gasteiger partial charge in [0.1, 0.15) is 5.75 Å². The van der Waals surface area contributed by atoms with Crippen LogP contribution in [-0.4, -0.2) is 19.8 Å². The third-order valence-corrected chi connectivity index (χ3v) is 2.85. The smallest absolute Gasteiger partial charge is 0.122 e. The van der Waals surface area contributed by atoms with Gasteiger partial charge < -0.3 is 15.2 Å². The van der Waals surface area contributed by atoms with Gasteiger partial charge >= 0.3 is 0 Å². The van der Waals surface area contributed by atoms with Crippen LogP contribution in [0.4, 0.5) is 0 Å². The SMILES string of the molecule is CCc1cc(COCC(N)CC)ccc1OC. The minimum atomic E-state index is 0.138. The molecule has 0 heterocycles. The van der Waals surface area contributed by atoms with Crippen LogP contribution in [0.5, 0.6) is 5.75 Å². The van der Waals surface area contributed by atoms with Gasteiger partial charge in [0.2, 0.25) is 0 Å². The van der Waals surface area contributed by atoms with Crippen molar-refractivity contribution in [2.75, 3.05) is 13.7 Å². The van der Waals surface area contributed by atoms with Gasteiger partial charge in [0.25, 0.3) is 0 Å². The lowest BCUT2D eigenvalue weighted by molar-refractivity contribution is 0.107. The molecule has 0 aliphatic heterocycles. The third-order valence-electron chi connectivity index (χ3n) is 2.85. The summed E-state index contributed by atoms with van der Waals surface area (Å²) in [7, 11) is 1.70. The van der Waals surface area contributed by atoms with Crippen molar-refractivity contribution in [3.8, 4) is 5.75 Å². The molecule has 1 aromatic carbocycles. The number of aryl methyl sites for hydroxylation is 1. The van der Waals surface area contributed by atoms with E-state index in [1.165, 1.54) is 11.1 Å². The minimum absolute atomic E-state index is 0.138. The molecule has 0 aromatic heterocycles. The van der Waals surface area contributed by atoms with E-state index in [-0.39, 0.29) is 6.04 Å². The normalized spacial score (nSPS) is 12.5. The Hall–Kier alpha value is -1.06. The first-order chi connectivity index (χ1) is 8.21. The largest absolute Gasteiger partial charge is 0.496 e. The fourth-order valence-electron chi connectivity index (χ4n) is 1.64. The fraction of sp³-hybridized carbons (Fsp3) is 0.571. The highest BCUT2D eigenvalue weighted by Gasteiger charge is 2.04. The van der Waals surface area contributed by atoms with Crippen molar-refractivity contribution in [3.05, 3.63) is 29.3 Å². The molecule has 0 saturated carbocycles. The lowest BCUT2D eigenvalue weighted by atomic mass is 10.1. The maximum absolute atomic E-state index is 5.79. The predicted molar refractivity (Wildman–Crippen MR) is 70.3 cm³/mol. The summed E-state index contributed by atoms with van der Waals surface area (Å²) in [5.41, 5.74) is 8.18. The number of ether oxygens (including phenoxy) is 2. The van der Waals surface area contributed by atoms with Gasteiger partial charge in [-0.2, -0.15) is 0 Å². The number of rotatable bonds is 7.